The predicted octanol–water partition coefficient (Wildman–Crippen LogP) is 3.90. The fourth-order valence-corrected chi connectivity index (χ4v) is 2.47. The zero-order valence-electron chi connectivity index (χ0n) is 14.6. The van der Waals surface area contributed by atoms with Gasteiger partial charge >= 0.3 is 6.18 Å². The van der Waals surface area contributed by atoms with Crippen LogP contribution in [0.5, 0.6) is 0 Å². The lowest BCUT2D eigenvalue weighted by molar-refractivity contribution is -0.137. The summed E-state index contributed by atoms with van der Waals surface area (Å²) < 4.78 is 39.6. The summed E-state index contributed by atoms with van der Waals surface area (Å²) in [6.45, 7) is 1.84. The molecule has 0 bridgehead atoms. The molecule has 0 saturated heterocycles. The average molecular weight is 378 g/mol. The van der Waals surface area contributed by atoms with Gasteiger partial charge in [-0.3, -0.25) is 14.4 Å². The van der Waals surface area contributed by atoms with Crippen molar-refractivity contribution in [1.29, 1.82) is 0 Å². The van der Waals surface area contributed by atoms with Gasteiger partial charge in [-0.15, -0.1) is 0 Å². The summed E-state index contributed by atoms with van der Waals surface area (Å²) in [4.78, 5) is 36.3. The Kier molecular flexibility index (Phi) is 5.99. The van der Waals surface area contributed by atoms with Gasteiger partial charge < -0.3 is 10.2 Å². The first-order valence-electron chi connectivity index (χ1n) is 7.95. The van der Waals surface area contributed by atoms with E-state index in [1.807, 2.05) is 0 Å². The molecule has 8 heteroatoms. The number of carbonyl (C=O) groups excluding carboxylic acids is 3. The monoisotopic (exact) mass is 378 g/mol. The van der Waals surface area contributed by atoms with Crippen molar-refractivity contribution in [1.82, 2.24) is 0 Å². The van der Waals surface area contributed by atoms with Crippen LogP contribution in [0, 0.1) is 0 Å². The molecule has 0 aliphatic heterocycles. The molecule has 0 radical (unpaired) electrons. The van der Waals surface area contributed by atoms with E-state index in [0.717, 1.165) is 24.0 Å². The van der Waals surface area contributed by atoms with E-state index in [9.17, 15) is 27.6 Å². The Morgan fingerprint density at radius 1 is 1.00 bits per heavy atom. The number of nitrogens with one attached hydrogen (secondary N) is 1. The van der Waals surface area contributed by atoms with Crippen LogP contribution < -0.4 is 10.2 Å². The van der Waals surface area contributed by atoms with E-state index in [1.54, 1.807) is 12.1 Å². The molecule has 1 N–H and O–H groups in total. The zero-order chi connectivity index (χ0) is 20.2. The number of para-hydroxylation sites is 1. The maximum absolute atomic E-state index is 13.2. The van der Waals surface area contributed by atoms with Crippen LogP contribution in [-0.2, 0) is 15.8 Å². The SMILES string of the molecule is CC(=O)c1cccc(NC(=O)CN(C(C)=O)c2ccccc2C(F)(F)F)c1. The molecule has 0 unspecified atom stereocenters. The first kappa shape index (κ1) is 20.2. The van der Waals surface area contributed by atoms with Crippen LogP contribution >= 0.6 is 0 Å². The topological polar surface area (TPSA) is 66.5 Å². The number of anilines is 2. The van der Waals surface area contributed by atoms with E-state index < -0.39 is 35.8 Å². The minimum absolute atomic E-state index is 0.199. The molecule has 27 heavy (non-hydrogen) atoms. The quantitative estimate of drug-likeness (QED) is 0.803. The Hall–Kier alpha value is -3.16. The number of Topliss-reactive ketones (excluding diaryl/α,β-unsaturated/α-hetero) is 1. The molecule has 0 aliphatic carbocycles. The fraction of sp³-hybridized carbons (Fsp3) is 0.211. The number of nitrogens with zero attached hydrogens (tertiary/aromatic N) is 1. The summed E-state index contributed by atoms with van der Waals surface area (Å²) in [6.07, 6.45) is -4.67. The van der Waals surface area contributed by atoms with E-state index in [0.29, 0.717) is 11.3 Å². The molecule has 0 saturated carbocycles. The Morgan fingerprint density at radius 3 is 2.26 bits per heavy atom. The number of alkyl halides is 3. The Morgan fingerprint density at radius 2 is 1.67 bits per heavy atom. The molecule has 0 heterocycles. The van der Waals surface area contributed by atoms with Gasteiger partial charge in [-0.1, -0.05) is 24.3 Å². The van der Waals surface area contributed by atoms with Gasteiger partial charge in [0.25, 0.3) is 0 Å². The van der Waals surface area contributed by atoms with Gasteiger partial charge in [0, 0.05) is 18.2 Å². The minimum Gasteiger partial charge on any atom is -0.325 e. The standard InChI is InChI=1S/C19H17F3N2O3/c1-12(25)14-6-5-7-15(10-14)23-18(27)11-24(13(2)26)17-9-4-3-8-16(17)19(20,21)22/h3-10H,11H2,1-2H3,(H,23,27). The van der Waals surface area contributed by atoms with Crippen molar-refractivity contribution >= 4 is 29.0 Å². The first-order chi connectivity index (χ1) is 12.6. The lowest BCUT2D eigenvalue weighted by atomic mass is 10.1. The summed E-state index contributed by atoms with van der Waals surface area (Å²) in [7, 11) is 0. The molecular weight excluding hydrogens is 361 g/mol. The van der Waals surface area contributed by atoms with Crippen molar-refractivity contribution in [2.24, 2.45) is 0 Å². The summed E-state index contributed by atoms with van der Waals surface area (Å²) in [5, 5.41) is 2.48. The maximum Gasteiger partial charge on any atom is 0.418 e. The van der Waals surface area contributed by atoms with Crippen LogP contribution in [0.2, 0.25) is 0 Å². The Labute approximate surface area is 153 Å². The van der Waals surface area contributed by atoms with Gasteiger partial charge in [0.15, 0.2) is 5.78 Å². The van der Waals surface area contributed by atoms with Crippen LogP contribution in [0.3, 0.4) is 0 Å². The van der Waals surface area contributed by atoms with Crippen molar-refractivity contribution in [3.05, 3.63) is 59.7 Å². The third kappa shape index (κ3) is 5.16. The van der Waals surface area contributed by atoms with Gasteiger partial charge in [-0.2, -0.15) is 13.2 Å². The first-order valence-corrected chi connectivity index (χ1v) is 7.95. The predicted molar refractivity (Wildman–Crippen MR) is 94.5 cm³/mol. The van der Waals surface area contributed by atoms with Crippen molar-refractivity contribution in [3.8, 4) is 0 Å². The fourth-order valence-electron chi connectivity index (χ4n) is 2.47. The van der Waals surface area contributed by atoms with Crippen LogP contribution in [0.15, 0.2) is 48.5 Å². The summed E-state index contributed by atoms with van der Waals surface area (Å²) in [5.74, 6) is -1.60. The van der Waals surface area contributed by atoms with Crippen molar-refractivity contribution < 1.29 is 27.6 Å². The highest BCUT2D eigenvalue weighted by Gasteiger charge is 2.35. The summed E-state index contributed by atoms with van der Waals surface area (Å²) in [6, 6.07) is 10.7. The third-order valence-corrected chi connectivity index (χ3v) is 3.73. The van der Waals surface area contributed by atoms with E-state index in [1.165, 1.54) is 31.2 Å². The van der Waals surface area contributed by atoms with Gasteiger partial charge in [-0.05, 0) is 31.2 Å². The van der Waals surface area contributed by atoms with E-state index in [2.05, 4.69) is 5.32 Å². The van der Waals surface area contributed by atoms with Crippen LogP contribution in [-0.4, -0.2) is 24.1 Å². The van der Waals surface area contributed by atoms with E-state index >= 15 is 0 Å². The molecule has 0 atom stereocenters. The number of hydrogen-bond acceptors (Lipinski definition) is 3. The number of carbonyl (C=O) groups is 3. The Balaban J connectivity index is 2.25. The molecule has 2 aromatic rings. The number of rotatable bonds is 5. The molecule has 0 fully saturated rings. The zero-order valence-corrected chi connectivity index (χ0v) is 14.6. The molecule has 142 valence electrons. The Bertz CT molecular complexity index is 878. The second-order valence-corrected chi connectivity index (χ2v) is 5.81. The normalized spacial score (nSPS) is 11.0. The lowest BCUT2D eigenvalue weighted by Crippen LogP contribution is -2.37. The van der Waals surface area contributed by atoms with Crippen molar-refractivity contribution in [2.45, 2.75) is 20.0 Å². The number of halogens is 3. The minimum atomic E-state index is -4.67. The van der Waals surface area contributed by atoms with Crippen molar-refractivity contribution in [3.63, 3.8) is 0 Å². The van der Waals surface area contributed by atoms with Crippen LogP contribution in [0.4, 0.5) is 24.5 Å². The lowest BCUT2D eigenvalue weighted by Gasteiger charge is -2.24. The molecule has 5 nitrogen and oxygen atoms in total. The van der Waals surface area contributed by atoms with Crippen LogP contribution in [0.25, 0.3) is 0 Å². The largest absolute Gasteiger partial charge is 0.418 e. The average Bonchev–Trinajstić information content (AvgIpc) is 2.59. The molecule has 2 rings (SSSR count). The summed E-state index contributed by atoms with van der Waals surface area (Å²) in [5.41, 5.74) is -0.726. The summed E-state index contributed by atoms with van der Waals surface area (Å²) >= 11 is 0. The highest BCUT2D eigenvalue weighted by molar-refractivity contribution is 6.03. The molecule has 2 aromatic carbocycles. The third-order valence-electron chi connectivity index (χ3n) is 3.73. The van der Waals surface area contributed by atoms with Gasteiger partial charge in [0.2, 0.25) is 11.8 Å². The number of amides is 2. The van der Waals surface area contributed by atoms with Gasteiger partial charge in [-0.25, -0.2) is 0 Å². The smallest absolute Gasteiger partial charge is 0.325 e. The highest BCUT2D eigenvalue weighted by atomic mass is 19.4. The van der Waals surface area contributed by atoms with Gasteiger partial charge in [0.1, 0.15) is 6.54 Å². The highest BCUT2D eigenvalue weighted by Crippen LogP contribution is 2.36. The number of hydrogen-bond donors (Lipinski definition) is 1. The second-order valence-electron chi connectivity index (χ2n) is 5.81. The van der Waals surface area contributed by atoms with Crippen LogP contribution in [0.1, 0.15) is 29.8 Å². The molecular formula is C19H17F3N2O3. The molecule has 2 amide bonds. The van der Waals surface area contributed by atoms with Crippen molar-refractivity contribution in [2.75, 3.05) is 16.8 Å². The second kappa shape index (κ2) is 8.03. The van der Waals surface area contributed by atoms with E-state index in [-0.39, 0.29) is 5.78 Å². The maximum atomic E-state index is 13.2. The number of benzene rings is 2. The molecule has 0 aromatic heterocycles. The number of ketones is 1. The van der Waals surface area contributed by atoms with Gasteiger partial charge in [0.05, 0.1) is 11.3 Å². The molecule has 0 aliphatic rings. The molecule has 0 spiro atoms. The van der Waals surface area contributed by atoms with E-state index in [4.69, 9.17) is 0 Å².